The normalized spacial score (nSPS) is 11.4. The number of hydrogen-bond donors (Lipinski definition) is 6. The first-order chi connectivity index (χ1) is 18.2. The number of phenols is 1. The van der Waals surface area contributed by atoms with Crippen LogP contribution in [0.1, 0.15) is 71.2 Å². The third-order valence-corrected chi connectivity index (χ3v) is 6.11. The highest BCUT2D eigenvalue weighted by Gasteiger charge is 2.22. The fraction of sp³-hybridized carbons (Fsp3) is 0.407. The lowest BCUT2D eigenvalue weighted by Crippen LogP contribution is -2.41. The highest BCUT2D eigenvalue weighted by Crippen LogP contribution is 2.19. The number of aromatic hydroxyl groups is 1. The molecule has 0 aliphatic heterocycles. The maximum atomic E-state index is 12.7. The zero-order valence-electron chi connectivity index (χ0n) is 21.2. The maximum Gasteiger partial charge on any atom is 0.326 e. The van der Waals surface area contributed by atoms with Gasteiger partial charge in [-0.05, 0) is 74.5 Å². The van der Waals surface area contributed by atoms with Crippen molar-refractivity contribution in [3.05, 3.63) is 64.2 Å². The number of phenolic OH excluding ortho intramolecular Hbond substituents is 1. The summed E-state index contributed by atoms with van der Waals surface area (Å²) >= 11 is 6.23. The van der Waals surface area contributed by atoms with Gasteiger partial charge in [0, 0.05) is 25.1 Å². The second-order valence-electron chi connectivity index (χ2n) is 8.86. The second kappa shape index (κ2) is 16.3. The molecule has 2 aromatic carbocycles. The number of carboxylic acids is 1. The Morgan fingerprint density at radius 1 is 0.921 bits per heavy atom. The molecule has 1 atom stereocenters. The molecule has 0 aliphatic carbocycles. The van der Waals surface area contributed by atoms with E-state index in [1.807, 2.05) is 0 Å². The second-order valence-corrected chi connectivity index (χ2v) is 9.26. The first-order valence-electron chi connectivity index (χ1n) is 12.6. The van der Waals surface area contributed by atoms with Crippen molar-refractivity contribution in [1.29, 1.82) is 0 Å². The van der Waals surface area contributed by atoms with E-state index < -0.39 is 23.8 Å². The number of nitrogens with two attached hydrogens (primary N) is 1. The van der Waals surface area contributed by atoms with Gasteiger partial charge in [-0.25, -0.2) is 4.79 Å². The molecule has 7 N–H and O–H groups in total. The van der Waals surface area contributed by atoms with Crippen LogP contribution in [0, 0.1) is 0 Å². The average Bonchev–Trinajstić information content (AvgIpc) is 2.88. The zero-order valence-corrected chi connectivity index (χ0v) is 21.9. The van der Waals surface area contributed by atoms with Crippen molar-refractivity contribution in [1.82, 2.24) is 16.0 Å². The standard InChI is InChI=1S/C27H35ClN4O6/c28-22-16-19(25(35)31-17-18-7-6-8-20(33)15-18)11-12-21(22)26(36)32-23(27(37)38)9-3-5-14-30-24(34)10-2-1-4-13-29/h6-8,11-12,15-16,23,33H,1-5,9-10,13-14,17,29H2,(H,30,34)(H,31,35)(H,32,36)(H,37,38)/t23-/m0/s1. The first kappa shape index (κ1) is 30.6. The highest BCUT2D eigenvalue weighted by molar-refractivity contribution is 6.34. The van der Waals surface area contributed by atoms with Crippen molar-refractivity contribution < 1.29 is 29.4 Å². The lowest BCUT2D eigenvalue weighted by Gasteiger charge is -2.15. The molecule has 2 rings (SSSR count). The molecule has 0 bridgehead atoms. The number of halogens is 1. The van der Waals surface area contributed by atoms with Gasteiger partial charge in [-0.15, -0.1) is 0 Å². The molecule has 0 spiro atoms. The molecule has 0 heterocycles. The monoisotopic (exact) mass is 546 g/mol. The maximum absolute atomic E-state index is 12.7. The summed E-state index contributed by atoms with van der Waals surface area (Å²) in [4.78, 5) is 48.6. The molecule has 0 unspecified atom stereocenters. The van der Waals surface area contributed by atoms with Crippen LogP contribution in [0.4, 0.5) is 0 Å². The number of unbranched alkanes of at least 4 members (excludes halogenated alkanes) is 3. The molecule has 0 aromatic heterocycles. The van der Waals surface area contributed by atoms with E-state index in [4.69, 9.17) is 17.3 Å². The van der Waals surface area contributed by atoms with E-state index in [-0.39, 0.29) is 40.8 Å². The van der Waals surface area contributed by atoms with Crippen molar-refractivity contribution >= 4 is 35.3 Å². The Balaban J connectivity index is 1.81. The number of amides is 3. The number of carboxylic acid groups (broad SMARTS) is 1. The van der Waals surface area contributed by atoms with Crippen molar-refractivity contribution in [3.63, 3.8) is 0 Å². The Bertz CT molecular complexity index is 1110. The smallest absolute Gasteiger partial charge is 0.326 e. The molecule has 10 nitrogen and oxygen atoms in total. The Morgan fingerprint density at radius 3 is 2.39 bits per heavy atom. The van der Waals surface area contributed by atoms with E-state index in [0.717, 1.165) is 19.3 Å². The van der Waals surface area contributed by atoms with Gasteiger partial charge in [-0.1, -0.05) is 30.2 Å². The number of aliphatic carboxylic acids is 1. The topological polar surface area (TPSA) is 171 Å². The minimum Gasteiger partial charge on any atom is -0.508 e. The van der Waals surface area contributed by atoms with Crippen LogP contribution in [0.2, 0.25) is 5.02 Å². The molecular weight excluding hydrogens is 512 g/mol. The predicted octanol–water partition coefficient (Wildman–Crippen LogP) is 2.96. The summed E-state index contributed by atoms with van der Waals surface area (Å²) in [5, 5.41) is 27.0. The van der Waals surface area contributed by atoms with E-state index in [0.29, 0.717) is 37.9 Å². The van der Waals surface area contributed by atoms with Gasteiger partial charge >= 0.3 is 5.97 Å². The van der Waals surface area contributed by atoms with Gasteiger partial charge in [0.2, 0.25) is 5.91 Å². The fourth-order valence-electron chi connectivity index (χ4n) is 3.68. The van der Waals surface area contributed by atoms with Gasteiger partial charge in [-0.3, -0.25) is 14.4 Å². The van der Waals surface area contributed by atoms with E-state index in [1.165, 1.54) is 30.3 Å². The number of carbonyl (C=O) groups is 4. The van der Waals surface area contributed by atoms with Crippen molar-refractivity contribution in [2.75, 3.05) is 13.1 Å². The van der Waals surface area contributed by atoms with Crippen LogP contribution in [-0.4, -0.2) is 53.0 Å². The average molecular weight is 547 g/mol. The molecule has 0 saturated heterocycles. The SMILES string of the molecule is NCCCCCC(=O)NCCCC[C@H](NC(=O)c1ccc(C(=O)NCc2cccc(O)c2)cc1Cl)C(=O)O. The summed E-state index contributed by atoms with van der Waals surface area (Å²) in [7, 11) is 0. The lowest BCUT2D eigenvalue weighted by atomic mass is 10.1. The third-order valence-electron chi connectivity index (χ3n) is 5.79. The molecule has 0 saturated carbocycles. The molecule has 2 aromatic rings. The van der Waals surface area contributed by atoms with Crippen molar-refractivity contribution in [3.8, 4) is 5.75 Å². The first-order valence-corrected chi connectivity index (χ1v) is 12.9. The summed E-state index contributed by atoms with van der Waals surface area (Å²) in [6.07, 6.45) is 4.25. The Kier molecular flexibility index (Phi) is 13.1. The molecule has 0 aliphatic rings. The summed E-state index contributed by atoms with van der Waals surface area (Å²) in [6, 6.07) is 9.46. The van der Waals surface area contributed by atoms with Gasteiger partial charge in [0.05, 0.1) is 10.6 Å². The zero-order chi connectivity index (χ0) is 27.9. The number of benzene rings is 2. The Labute approximate surface area is 226 Å². The van der Waals surface area contributed by atoms with Crippen LogP contribution in [0.15, 0.2) is 42.5 Å². The summed E-state index contributed by atoms with van der Waals surface area (Å²) in [6.45, 7) is 1.22. The fourth-order valence-corrected chi connectivity index (χ4v) is 3.95. The largest absolute Gasteiger partial charge is 0.508 e. The van der Waals surface area contributed by atoms with Gasteiger partial charge in [0.25, 0.3) is 11.8 Å². The quantitative estimate of drug-likeness (QED) is 0.176. The van der Waals surface area contributed by atoms with Crippen molar-refractivity contribution in [2.45, 2.75) is 57.5 Å². The molecule has 38 heavy (non-hydrogen) atoms. The van der Waals surface area contributed by atoms with Crippen LogP contribution in [0.5, 0.6) is 5.75 Å². The van der Waals surface area contributed by atoms with Gasteiger partial charge < -0.3 is 31.9 Å². The van der Waals surface area contributed by atoms with Gasteiger partial charge in [0.15, 0.2) is 0 Å². The van der Waals surface area contributed by atoms with Crippen LogP contribution >= 0.6 is 11.6 Å². The summed E-state index contributed by atoms with van der Waals surface area (Å²) < 4.78 is 0. The molecule has 0 fully saturated rings. The van der Waals surface area contributed by atoms with E-state index in [9.17, 15) is 29.4 Å². The Hall–Kier alpha value is -3.63. The number of rotatable bonds is 16. The third kappa shape index (κ3) is 10.8. The summed E-state index contributed by atoms with van der Waals surface area (Å²) in [5.74, 6) is -2.22. The van der Waals surface area contributed by atoms with E-state index >= 15 is 0 Å². The van der Waals surface area contributed by atoms with Gasteiger partial charge in [0.1, 0.15) is 11.8 Å². The van der Waals surface area contributed by atoms with Gasteiger partial charge in [-0.2, -0.15) is 0 Å². The molecule has 3 amide bonds. The number of nitrogens with one attached hydrogen (secondary N) is 3. The van der Waals surface area contributed by atoms with E-state index in [1.54, 1.807) is 12.1 Å². The van der Waals surface area contributed by atoms with E-state index in [2.05, 4.69) is 16.0 Å². The predicted molar refractivity (Wildman–Crippen MR) is 144 cm³/mol. The minimum atomic E-state index is -1.18. The molecular formula is C27H35ClN4O6. The molecule has 0 radical (unpaired) electrons. The van der Waals surface area contributed by atoms with Crippen LogP contribution < -0.4 is 21.7 Å². The molecule has 11 heteroatoms. The van der Waals surface area contributed by atoms with Crippen molar-refractivity contribution in [2.24, 2.45) is 5.73 Å². The number of hydrogen-bond acceptors (Lipinski definition) is 6. The van der Waals surface area contributed by atoms with Crippen LogP contribution in [0.3, 0.4) is 0 Å². The van der Waals surface area contributed by atoms with Crippen LogP contribution in [0.25, 0.3) is 0 Å². The molecule has 206 valence electrons. The summed E-state index contributed by atoms with van der Waals surface area (Å²) in [5.41, 5.74) is 6.41. The minimum absolute atomic E-state index is 0.00539. The lowest BCUT2D eigenvalue weighted by molar-refractivity contribution is -0.139. The highest BCUT2D eigenvalue weighted by atomic mass is 35.5. The van der Waals surface area contributed by atoms with Crippen LogP contribution in [-0.2, 0) is 16.1 Å². The Morgan fingerprint density at radius 2 is 1.71 bits per heavy atom. The number of carbonyl (C=O) groups excluding carboxylic acids is 3.